The fraction of sp³-hybridized carbons (Fsp3) is 0.429. The van der Waals surface area contributed by atoms with Crippen LogP contribution in [0, 0.1) is 0 Å². The predicted octanol–water partition coefficient (Wildman–Crippen LogP) is 0.916. The molecule has 0 aromatic carbocycles. The van der Waals surface area contributed by atoms with E-state index in [0.29, 0.717) is 32.0 Å². The summed E-state index contributed by atoms with van der Waals surface area (Å²) in [6.45, 7) is 1.82. The monoisotopic (exact) mass is 340 g/mol. The van der Waals surface area contributed by atoms with Crippen molar-refractivity contribution in [3.8, 4) is 0 Å². The highest BCUT2D eigenvalue weighted by atomic mass is 19.4. The van der Waals surface area contributed by atoms with Crippen LogP contribution in [0.25, 0.3) is 0 Å². The van der Waals surface area contributed by atoms with E-state index in [4.69, 9.17) is 0 Å². The molecule has 7 nitrogen and oxygen atoms in total. The zero-order valence-corrected chi connectivity index (χ0v) is 12.9. The maximum atomic E-state index is 12.7. The number of aromatic nitrogens is 4. The minimum Gasteiger partial charge on any atom is -0.353 e. The normalized spacial score (nSPS) is 15.7. The quantitative estimate of drug-likeness (QED) is 0.810. The first-order chi connectivity index (χ1) is 11.4. The number of nitrogens with zero attached hydrogens (tertiary/aromatic N) is 6. The molecule has 0 N–H and O–H groups in total. The Balaban J connectivity index is 1.74. The molecule has 0 unspecified atom stereocenters. The molecule has 128 valence electrons. The third-order valence-electron chi connectivity index (χ3n) is 3.85. The average molecular weight is 340 g/mol. The summed E-state index contributed by atoms with van der Waals surface area (Å²) in [7, 11) is 1.64. The van der Waals surface area contributed by atoms with Crippen molar-refractivity contribution in [1.29, 1.82) is 0 Å². The number of piperazine rings is 1. The smallest absolute Gasteiger partial charge is 0.353 e. The molecule has 1 fully saturated rings. The van der Waals surface area contributed by atoms with Crippen molar-refractivity contribution in [2.24, 2.45) is 7.05 Å². The van der Waals surface area contributed by atoms with E-state index in [9.17, 15) is 18.0 Å². The second kappa shape index (κ2) is 6.10. The number of alkyl halides is 3. The molecule has 1 saturated heterocycles. The summed E-state index contributed by atoms with van der Waals surface area (Å²) in [4.78, 5) is 26.9. The Morgan fingerprint density at radius 1 is 1.04 bits per heavy atom. The van der Waals surface area contributed by atoms with Gasteiger partial charge in [-0.2, -0.15) is 13.2 Å². The molecule has 2 aromatic heterocycles. The second-order valence-corrected chi connectivity index (χ2v) is 5.40. The van der Waals surface area contributed by atoms with Gasteiger partial charge in [-0.25, -0.2) is 15.0 Å². The molecule has 10 heteroatoms. The minimum atomic E-state index is -4.50. The van der Waals surface area contributed by atoms with Crippen LogP contribution in [0.3, 0.4) is 0 Å². The Morgan fingerprint density at radius 3 is 2.38 bits per heavy atom. The number of hydrogen-bond donors (Lipinski definition) is 0. The largest absolute Gasteiger partial charge is 0.433 e. The molecule has 3 heterocycles. The van der Waals surface area contributed by atoms with Gasteiger partial charge in [0.25, 0.3) is 5.56 Å². The van der Waals surface area contributed by atoms with Crippen LogP contribution in [0.2, 0.25) is 0 Å². The van der Waals surface area contributed by atoms with Gasteiger partial charge in [0, 0.05) is 51.7 Å². The van der Waals surface area contributed by atoms with Crippen molar-refractivity contribution in [2.45, 2.75) is 6.18 Å². The van der Waals surface area contributed by atoms with Gasteiger partial charge >= 0.3 is 6.18 Å². The lowest BCUT2D eigenvalue weighted by Gasteiger charge is -2.35. The van der Waals surface area contributed by atoms with Gasteiger partial charge < -0.3 is 14.4 Å². The highest BCUT2D eigenvalue weighted by molar-refractivity contribution is 5.44. The summed E-state index contributed by atoms with van der Waals surface area (Å²) in [5, 5.41) is 0. The summed E-state index contributed by atoms with van der Waals surface area (Å²) in [5.74, 6) is 0.573. The highest BCUT2D eigenvalue weighted by Crippen LogP contribution is 2.29. The maximum absolute atomic E-state index is 12.7. The lowest BCUT2D eigenvalue weighted by Crippen LogP contribution is -2.49. The van der Waals surface area contributed by atoms with Crippen molar-refractivity contribution in [2.75, 3.05) is 36.0 Å². The third-order valence-corrected chi connectivity index (χ3v) is 3.85. The van der Waals surface area contributed by atoms with Crippen LogP contribution in [0.5, 0.6) is 0 Å². The molecule has 3 rings (SSSR count). The van der Waals surface area contributed by atoms with Crippen LogP contribution in [-0.2, 0) is 13.2 Å². The summed E-state index contributed by atoms with van der Waals surface area (Å²) in [5.41, 5.74) is -1.17. The van der Waals surface area contributed by atoms with Gasteiger partial charge in [0.15, 0.2) is 5.82 Å². The number of aryl methyl sites for hydroxylation is 1. The Kier molecular flexibility index (Phi) is 4.12. The van der Waals surface area contributed by atoms with Crippen LogP contribution >= 0.6 is 0 Å². The minimum absolute atomic E-state index is 0.202. The first-order valence-electron chi connectivity index (χ1n) is 7.27. The zero-order chi connectivity index (χ0) is 17.3. The van der Waals surface area contributed by atoms with Gasteiger partial charge in [-0.3, -0.25) is 4.79 Å². The van der Waals surface area contributed by atoms with Gasteiger partial charge in [0.1, 0.15) is 17.8 Å². The Hall–Kier alpha value is -2.65. The molecule has 0 bridgehead atoms. The van der Waals surface area contributed by atoms with E-state index in [1.54, 1.807) is 24.3 Å². The van der Waals surface area contributed by atoms with Crippen molar-refractivity contribution < 1.29 is 13.2 Å². The van der Waals surface area contributed by atoms with Crippen molar-refractivity contribution in [3.05, 3.63) is 40.8 Å². The second-order valence-electron chi connectivity index (χ2n) is 5.40. The van der Waals surface area contributed by atoms with E-state index in [-0.39, 0.29) is 11.4 Å². The van der Waals surface area contributed by atoms with Crippen LogP contribution in [0.4, 0.5) is 24.8 Å². The molecular formula is C14H15F3N6O. The van der Waals surface area contributed by atoms with E-state index in [2.05, 4.69) is 15.0 Å². The number of anilines is 2. The molecule has 0 spiro atoms. The number of hydrogen-bond acceptors (Lipinski definition) is 6. The highest BCUT2D eigenvalue weighted by Gasteiger charge is 2.33. The molecule has 0 radical (unpaired) electrons. The topological polar surface area (TPSA) is 67.2 Å². The predicted molar refractivity (Wildman–Crippen MR) is 80.9 cm³/mol. The molecular weight excluding hydrogens is 325 g/mol. The molecule has 1 aliphatic rings. The van der Waals surface area contributed by atoms with Gasteiger partial charge in [-0.15, -0.1) is 0 Å². The van der Waals surface area contributed by atoms with Gasteiger partial charge in [0.2, 0.25) is 0 Å². The van der Waals surface area contributed by atoms with E-state index >= 15 is 0 Å². The molecule has 0 aliphatic carbocycles. The Labute approximate surface area is 135 Å². The molecule has 0 amide bonds. The lowest BCUT2D eigenvalue weighted by atomic mass is 10.3. The van der Waals surface area contributed by atoms with E-state index in [1.807, 2.05) is 4.90 Å². The van der Waals surface area contributed by atoms with Crippen LogP contribution in [0.1, 0.15) is 5.69 Å². The van der Waals surface area contributed by atoms with E-state index in [0.717, 1.165) is 12.4 Å². The van der Waals surface area contributed by atoms with Crippen LogP contribution in [0.15, 0.2) is 29.6 Å². The SMILES string of the molecule is Cn1ccnc(N2CCN(c3cc(C(F)(F)F)ncn3)CC2)c1=O. The molecule has 2 aromatic rings. The first kappa shape index (κ1) is 16.2. The van der Waals surface area contributed by atoms with Crippen molar-refractivity contribution in [3.63, 3.8) is 0 Å². The Morgan fingerprint density at radius 2 is 1.71 bits per heavy atom. The number of rotatable bonds is 2. The lowest BCUT2D eigenvalue weighted by molar-refractivity contribution is -0.141. The summed E-state index contributed by atoms with van der Waals surface area (Å²) >= 11 is 0. The molecule has 1 aliphatic heterocycles. The van der Waals surface area contributed by atoms with Crippen LogP contribution in [-0.4, -0.2) is 45.7 Å². The zero-order valence-electron chi connectivity index (χ0n) is 12.9. The summed E-state index contributed by atoms with van der Waals surface area (Å²) in [6, 6.07) is 0.940. The molecule has 24 heavy (non-hydrogen) atoms. The fourth-order valence-corrected chi connectivity index (χ4v) is 2.52. The van der Waals surface area contributed by atoms with Gasteiger partial charge in [-0.05, 0) is 0 Å². The van der Waals surface area contributed by atoms with Gasteiger partial charge in [0.05, 0.1) is 0 Å². The third kappa shape index (κ3) is 3.17. The van der Waals surface area contributed by atoms with Crippen LogP contribution < -0.4 is 15.4 Å². The average Bonchev–Trinajstić information content (AvgIpc) is 2.57. The fourth-order valence-electron chi connectivity index (χ4n) is 2.52. The molecule has 0 atom stereocenters. The first-order valence-corrected chi connectivity index (χ1v) is 7.27. The van der Waals surface area contributed by atoms with Crippen molar-refractivity contribution in [1.82, 2.24) is 19.5 Å². The van der Waals surface area contributed by atoms with Crippen molar-refractivity contribution >= 4 is 11.6 Å². The van der Waals surface area contributed by atoms with Gasteiger partial charge in [-0.1, -0.05) is 0 Å². The maximum Gasteiger partial charge on any atom is 0.433 e. The van der Waals surface area contributed by atoms with E-state index in [1.165, 1.54) is 4.57 Å². The number of halogens is 3. The molecule has 0 saturated carbocycles. The summed E-state index contributed by atoms with van der Waals surface area (Å²) in [6.07, 6.45) is -0.469. The van der Waals surface area contributed by atoms with E-state index < -0.39 is 11.9 Å². The standard InChI is InChI=1S/C14H15F3N6O/c1-21-3-2-18-12(13(21)24)23-6-4-22(5-7-23)11-8-10(14(15,16)17)19-9-20-11/h2-3,8-9H,4-7H2,1H3. The summed E-state index contributed by atoms with van der Waals surface area (Å²) < 4.78 is 39.7. The Bertz CT molecular complexity index is 783.